The van der Waals surface area contributed by atoms with Gasteiger partial charge in [0.25, 0.3) is 0 Å². The fraction of sp³-hybridized carbons (Fsp3) is 0. The van der Waals surface area contributed by atoms with E-state index in [-0.39, 0.29) is 0 Å². The highest BCUT2D eigenvalue weighted by molar-refractivity contribution is 6.50. The number of rotatable bonds is 3. The Bertz CT molecular complexity index is 28.4. The Labute approximate surface area is 53.9 Å². The highest BCUT2D eigenvalue weighted by Crippen LogP contribution is 1.78. The normalized spacial score (nSPS) is 15.4. The van der Waals surface area contributed by atoms with Crippen LogP contribution in [-0.2, 0) is 12.3 Å². The Morgan fingerprint density at radius 1 is 0.857 bits per heavy atom. The van der Waals surface area contributed by atoms with Crippen LogP contribution in [0.15, 0.2) is 0 Å². The minimum Gasteiger partial charge on any atom is -0.428 e. The molecule has 0 amide bonds. The van der Waals surface area contributed by atoms with E-state index in [9.17, 15) is 0 Å². The molecule has 0 aromatic heterocycles. The van der Waals surface area contributed by atoms with Crippen molar-refractivity contribution in [1.82, 2.24) is 0 Å². The van der Waals surface area contributed by atoms with Crippen molar-refractivity contribution in [3.05, 3.63) is 0 Å². The molecule has 0 saturated carbocycles. The minimum atomic E-state index is -1.49. The zero-order valence-corrected chi connectivity index (χ0v) is 12.0. The Morgan fingerprint density at radius 3 is 1.14 bits per heavy atom. The summed E-state index contributed by atoms with van der Waals surface area (Å²) in [6.45, 7) is 0. The molecule has 7 heavy (non-hydrogen) atoms. The van der Waals surface area contributed by atoms with Crippen molar-refractivity contribution in [1.29, 1.82) is 0 Å². The van der Waals surface area contributed by atoms with Gasteiger partial charge in [-0.1, -0.05) is 0 Å². The molecule has 0 aliphatic carbocycles. The summed E-state index contributed by atoms with van der Waals surface area (Å²) < 4.78 is 14.9. The van der Waals surface area contributed by atoms with Gasteiger partial charge >= 0.3 is 9.53 Å². The lowest BCUT2D eigenvalue weighted by atomic mass is 15.7. The summed E-state index contributed by atoms with van der Waals surface area (Å²) in [5, 5.41) is 0. The first-order chi connectivity index (χ1) is 3.35. The Balaban J connectivity index is 2.99. The highest BCUT2D eigenvalue weighted by atomic mass is 28.4. The van der Waals surface area contributed by atoms with Crippen molar-refractivity contribution in [2.24, 2.45) is 0 Å². The lowest BCUT2D eigenvalue weighted by Gasteiger charge is -2.07. The lowest BCUT2D eigenvalue weighted by molar-refractivity contribution is 0.347. The zero-order chi connectivity index (χ0) is 5.70. The summed E-state index contributed by atoms with van der Waals surface area (Å²) in [7, 11) is 0.757. The third-order valence-corrected chi connectivity index (χ3v) is 5.20. The molecule has 0 N–H and O–H groups in total. The third-order valence-electron chi connectivity index (χ3n) is 0.577. The first kappa shape index (κ1) is 7.75. The van der Waals surface area contributed by atoms with E-state index >= 15 is 0 Å². The van der Waals surface area contributed by atoms with Crippen LogP contribution in [0.2, 0.25) is 0 Å². The number of hydrogen-bond donors (Lipinski definition) is 0. The lowest BCUT2D eigenvalue weighted by Crippen LogP contribution is -2.23. The van der Waals surface area contributed by atoms with E-state index in [1.54, 1.807) is 0 Å². The van der Waals surface area contributed by atoms with E-state index in [1.807, 2.05) is 0 Å². The van der Waals surface area contributed by atoms with Gasteiger partial charge in [-0.2, -0.15) is 0 Å². The van der Waals surface area contributed by atoms with Crippen LogP contribution < -0.4 is 0 Å². The van der Waals surface area contributed by atoms with Gasteiger partial charge < -0.3 is 12.3 Å². The van der Waals surface area contributed by atoms with E-state index in [0.717, 1.165) is 31.5 Å². The van der Waals surface area contributed by atoms with Gasteiger partial charge in [0.1, 0.15) is 31.5 Å². The molecule has 0 aliphatic heterocycles. The van der Waals surface area contributed by atoms with Crippen LogP contribution in [0.25, 0.3) is 0 Å². The number of hydrogen-bond acceptors (Lipinski definition) is 3. The molecule has 0 saturated heterocycles. The maximum atomic E-state index is 4.95. The average molecular weight is 170 g/mol. The summed E-state index contributed by atoms with van der Waals surface area (Å²) in [6.07, 6.45) is 0. The Morgan fingerprint density at radius 2 is 1.14 bits per heavy atom. The molecular weight excluding hydrogens is 160 g/mol. The molecule has 0 fully saturated rings. The molecule has 0 atom stereocenters. The molecule has 44 valence electrons. The Hall–Kier alpha value is 0.748. The predicted molar refractivity (Wildman–Crippen MR) is 40.2 cm³/mol. The van der Waals surface area contributed by atoms with Gasteiger partial charge in [-0.3, -0.25) is 0 Å². The molecule has 0 aromatic carbocycles. The maximum Gasteiger partial charge on any atom is 0.450 e. The van der Waals surface area contributed by atoms with Gasteiger partial charge in [-0.25, -0.2) is 0 Å². The van der Waals surface area contributed by atoms with E-state index in [2.05, 4.69) is 0 Å². The zero-order valence-electron chi connectivity index (χ0n) is 4.80. The van der Waals surface area contributed by atoms with Crippen LogP contribution in [0, 0.1) is 0 Å². The van der Waals surface area contributed by atoms with Crippen LogP contribution in [0.3, 0.4) is 0 Å². The molecule has 0 heterocycles. The SMILES string of the molecule is [SiH3]O[SiH](O[SiH3])O[SiH3]. The molecule has 0 spiro atoms. The smallest absolute Gasteiger partial charge is 0.428 e. The van der Waals surface area contributed by atoms with Crippen LogP contribution in [-0.4, -0.2) is 41.0 Å². The maximum absolute atomic E-state index is 4.95. The van der Waals surface area contributed by atoms with Crippen LogP contribution >= 0.6 is 0 Å². The largest absolute Gasteiger partial charge is 0.450 e. The van der Waals surface area contributed by atoms with E-state index in [1.165, 1.54) is 0 Å². The molecule has 0 unspecified atom stereocenters. The van der Waals surface area contributed by atoms with Crippen LogP contribution in [0.1, 0.15) is 0 Å². The summed E-state index contributed by atoms with van der Waals surface area (Å²) in [5.74, 6) is 0. The molecule has 0 aliphatic rings. The first-order valence-electron chi connectivity index (χ1n) is 1.93. The first-order valence-corrected chi connectivity index (χ1v) is 5.80. The molecule has 7 heteroatoms. The second kappa shape index (κ2) is 4.90. The van der Waals surface area contributed by atoms with Gasteiger partial charge in [0.05, 0.1) is 0 Å². The molecule has 0 aromatic rings. The summed E-state index contributed by atoms with van der Waals surface area (Å²) in [5.41, 5.74) is 0. The van der Waals surface area contributed by atoms with Gasteiger partial charge in [-0.15, -0.1) is 0 Å². The topological polar surface area (TPSA) is 27.7 Å². The monoisotopic (exact) mass is 170 g/mol. The van der Waals surface area contributed by atoms with Gasteiger partial charge in [0.2, 0.25) is 0 Å². The van der Waals surface area contributed by atoms with Crippen molar-refractivity contribution in [3.63, 3.8) is 0 Å². The molecular formula is H10O3Si4. The second-order valence-electron chi connectivity index (χ2n) is 0.996. The van der Waals surface area contributed by atoms with Gasteiger partial charge in [0, 0.05) is 0 Å². The van der Waals surface area contributed by atoms with Crippen molar-refractivity contribution in [3.8, 4) is 0 Å². The fourth-order valence-electron chi connectivity index (χ4n) is 0.289. The van der Waals surface area contributed by atoms with E-state index < -0.39 is 9.53 Å². The van der Waals surface area contributed by atoms with E-state index in [0.29, 0.717) is 0 Å². The van der Waals surface area contributed by atoms with Crippen LogP contribution in [0.4, 0.5) is 0 Å². The van der Waals surface area contributed by atoms with Crippen molar-refractivity contribution < 1.29 is 12.3 Å². The highest BCUT2D eigenvalue weighted by Gasteiger charge is 2.02. The van der Waals surface area contributed by atoms with Gasteiger partial charge in [0.15, 0.2) is 0 Å². The molecule has 0 radical (unpaired) electrons. The third kappa shape index (κ3) is 3.34. The minimum absolute atomic E-state index is 0.748. The summed E-state index contributed by atoms with van der Waals surface area (Å²) in [6, 6.07) is 0. The second-order valence-corrected chi connectivity index (χ2v) is 7.23. The summed E-state index contributed by atoms with van der Waals surface area (Å²) >= 11 is 0. The molecule has 3 nitrogen and oxygen atoms in total. The fourth-order valence-corrected chi connectivity index (χ4v) is 7.79. The van der Waals surface area contributed by atoms with Crippen molar-refractivity contribution >= 4 is 41.0 Å². The van der Waals surface area contributed by atoms with Crippen molar-refractivity contribution in [2.45, 2.75) is 0 Å². The quantitative estimate of drug-likeness (QED) is 0.400. The predicted octanol–water partition coefficient (Wildman–Crippen LogP) is -4.41. The van der Waals surface area contributed by atoms with E-state index in [4.69, 9.17) is 12.3 Å². The van der Waals surface area contributed by atoms with Gasteiger partial charge in [-0.05, 0) is 0 Å². The van der Waals surface area contributed by atoms with Crippen LogP contribution in [0.5, 0.6) is 0 Å². The molecule has 0 rings (SSSR count). The summed E-state index contributed by atoms with van der Waals surface area (Å²) in [4.78, 5) is 0. The Kier molecular flexibility index (Phi) is 5.42. The molecule has 0 bridgehead atoms. The average Bonchev–Trinajstić information content (AvgIpc) is 1.72. The van der Waals surface area contributed by atoms with Crippen molar-refractivity contribution in [2.75, 3.05) is 0 Å². The standard InChI is InChI=1S/H10O3Si4/c4-1-7(2-5)3-6/h7H,4-6H3.